The Balaban J connectivity index is 1.71. The molecule has 0 spiro atoms. The number of nitrogens with zero attached hydrogens (tertiary/aromatic N) is 2. The average Bonchev–Trinajstić information content (AvgIpc) is 2.77. The first-order valence-corrected chi connectivity index (χ1v) is 6.22. The molecule has 2 aromatic rings. The van der Waals surface area contributed by atoms with E-state index in [4.69, 9.17) is 15.0 Å². The molecular weight excluding hydrogens is 242 g/mol. The van der Waals surface area contributed by atoms with Gasteiger partial charge in [0.05, 0.1) is 5.69 Å². The van der Waals surface area contributed by atoms with Crippen molar-refractivity contribution in [1.82, 2.24) is 10.1 Å². The van der Waals surface area contributed by atoms with Crippen molar-refractivity contribution in [3.63, 3.8) is 0 Å². The van der Waals surface area contributed by atoms with E-state index in [0.717, 1.165) is 36.0 Å². The van der Waals surface area contributed by atoms with E-state index in [0.29, 0.717) is 6.61 Å². The number of aryl methyl sites for hydroxylation is 1. The smallest absolute Gasteiger partial charge is 0.133 e. The van der Waals surface area contributed by atoms with Gasteiger partial charge in [0, 0.05) is 24.8 Å². The molecule has 2 N–H and O–H groups in total. The first-order valence-electron chi connectivity index (χ1n) is 6.22. The van der Waals surface area contributed by atoms with Crippen LogP contribution in [0.3, 0.4) is 0 Å². The average molecular weight is 261 g/mol. The molecule has 0 bridgehead atoms. The van der Waals surface area contributed by atoms with Crippen LogP contribution in [0.4, 0.5) is 5.69 Å². The lowest BCUT2D eigenvalue weighted by Gasteiger charge is -2.15. The molecule has 0 amide bonds. The lowest BCUT2D eigenvalue weighted by Crippen LogP contribution is -2.24. The molecule has 0 fully saturated rings. The topological polar surface area (TPSA) is 64.5 Å². The largest absolute Gasteiger partial charge is 0.492 e. The predicted octanol–water partition coefficient (Wildman–Crippen LogP) is 2.08. The van der Waals surface area contributed by atoms with Gasteiger partial charge >= 0.3 is 0 Å². The summed E-state index contributed by atoms with van der Waals surface area (Å²) in [4.78, 5) is 2.13. The standard InChI is InChI=1S/C14H19N3O2/c1-11-9-13(16-19-11)10-17(2)7-8-18-14-5-3-12(15)4-6-14/h3-6,9H,7-8,10,15H2,1-2H3. The molecule has 0 saturated heterocycles. The highest BCUT2D eigenvalue weighted by atomic mass is 16.5. The Morgan fingerprint density at radius 2 is 2.05 bits per heavy atom. The molecule has 5 nitrogen and oxygen atoms in total. The van der Waals surface area contributed by atoms with Crippen LogP contribution in [0.1, 0.15) is 11.5 Å². The van der Waals surface area contributed by atoms with Crippen LogP contribution in [0, 0.1) is 6.92 Å². The van der Waals surface area contributed by atoms with Crippen LogP contribution in [-0.2, 0) is 6.54 Å². The van der Waals surface area contributed by atoms with Crippen LogP contribution in [0.2, 0.25) is 0 Å². The van der Waals surface area contributed by atoms with Gasteiger partial charge in [0.15, 0.2) is 0 Å². The molecule has 1 aromatic carbocycles. The molecule has 0 aliphatic carbocycles. The van der Waals surface area contributed by atoms with Gasteiger partial charge in [0.1, 0.15) is 18.1 Å². The molecule has 0 atom stereocenters. The van der Waals surface area contributed by atoms with Crippen molar-refractivity contribution in [2.24, 2.45) is 0 Å². The lowest BCUT2D eigenvalue weighted by molar-refractivity contribution is 0.228. The summed E-state index contributed by atoms with van der Waals surface area (Å²) in [6, 6.07) is 9.35. The van der Waals surface area contributed by atoms with E-state index >= 15 is 0 Å². The van der Waals surface area contributed by atoms with Crippen molar-refractivity contribution in [3.05, 3.63) is 41.8 Å². The third-order valence-electron chi connectivity index (χ3n) is 2.73. The Morgan fingerprint density at radius 1 is 1.32 bits per heavy atom. The van der Waals surface area contributed by atoms with Gasteiger partial charge in [-0.1, -0.05) is 5.16 Å². The number of hydrogen-bond acceptors (Lipinski definition) is 5. The van der Waals surface area contributed by atoms with Crippen LogP contribution < -0.4 is 10.5 Å². The van der Waals surface area contributed by atoms with Crippen LogP contribution in [0.15, 0.2) is 34.9 Å². The molecule has 0 radical (unpaired) electrons. The summed E-state index contributed by atoms with van der Waals surface area (Å²) in [5.74, 6) is 1.67. The molecule has 102 valence electrons. The molecule has 0 aliphatic rings. The SMILES string of the molecule is Cc1cc(CN(C)CCOc2ccc(N)cc2)no1. The number of likely N-dealkylation sites (N-methyl/N-ethyl adjacent to an activating group) is 1. The number of nitrogens with two attached hydrogens (primary N) is 1. The Labute approximate surface area is 112 Å². The molecular formula is C14H19N3O2. The second-order valence-electron chi connectivity index (χ2n) is 4.58. The fraction of sp³-hybridized carbons (Fsp3) is 0.357. The van der Waals surface area contributed by atoms with Crippen molar-refractivity contribution >= 4 is 5.69 Å². The molecule has 5 heteroatoms. The minimum absolute atomic E-state index is 0.622. The maximum atomic E-state index is 5.63. The molecule has 1 heterocycles. The molecule has 2 rings (SSSR count). The van der Waals surface area contributed by atoms with Gasteiger partial charge in [-0.05, 0) is 38.2 Å². The Morgan fingerprint density at radius 3 is 2.68 bits per heavy atom. The van der Waals surface area contributed by atoms with Gasteiger partial charge in [0.25, 0.3) is 0 Å². The third-order valence-corrected chi connectivity index (χ3v) is 2.73. The van der Waals surface area contributed by atoms with Gasteiger partial charge in [-0.3, -0.25) is 4.90 Å². The number of aromatic nitrogens is 1. The van der Waals surface area contributed by atoms with Crippen LogP contribution >= 0.6 is 0 Å². The Hall–Kier alpha value is -2.01. The minimum Gasteiger partial charge on any atom is -0.492 e. The monoisotopic (exact) mass is 261 g/mol. The number of ether oxygens (including phenoxy) is 1. The van der Waals surface area contributed by atoms with Crippen molar-refractivity contribution in [3.8, 4) is 5.75 Å². The zero-order valence-corrected chi connectivity index (χ0v) is 11.3. The summed E-state index contributed by atoms with van der Waals surface area (Å²) in [5, 5.41) is 3.96. The fourth-order valence-electron chi connectivity index (χ4n) is 1.73. The van der Waals surface area contributed by atoms with Gasteiger partial charge in [0.2, 0.25) is 0 Å². The first-order chi connectivity index (χ1) is 9.13. The Bertz CT molecular complexity index is 508. The van der Waals surface area contributed by atoms with E-state index in [1.807, 2.05) is 44.3 Å². The summed E-state index contributed by atoms with van der Waals surface area (Å²) in [5.41, 5.74) is 7.29. The van der Waals surface area contributed by atoms with Gasteiger partial charge in [-0.25, -0.2) is 0 Å². The number of rotatable bonds is 6. The van der Waals surface area contributed by atoms with E-state index in [-0.39, 0.29) is 0 Å². The number of nitrogen functional groups attached to an aromatic ring is 1. The zero-order chi connectivity index (χ0) is 13.7. The van der Waals surface area contributed by atoms with Crippen LogP contribution in [0.25, 0.3) is 0 Å². The molecule has 1 aromatic heterocycles. The summed E-state index contributed by atoms with van der Waals surface area (Å²) < 4.78 is 10.7. The van der Waals surface area contributed by atoms with E-state index < -0.39 is 0 Å². The lowest BCUT2D eigenvalue weighted by atomic mass is 10.3. The highest BCUT2D eigenvalue weighted by molar-refractivity contribution is 5.41. The second-order valence-corrected chi connectivity index (χ2v) is 4.58. The Kier molecular flexibility index (Phi) is 4.41. The second kappa shape index (κ2) is 6.24. The minimum atomic E-state index is 0.622. The molecule has 0 unspecified atom stereocenters. The van der Waals surface area contributed by atoms with Crippen molar-refractivity contribution in [2.45, 2.75) is 13.5 Å². The zero-order valence-electron chi connectivity index (χ0n) is 11.3. The maximum Gasteiger partial charge on any atom is 0.133 e. The van der Waals surface area contributed by atoms with Gasteiger partial charge in [-0.15, -0.1) is 0 Å². The van der Waals surface area contributed by atoms with Gasteiger partial charge in [-0.2, -0.15) is 0 Å². The number of anilines is 1. The molecule has 0 saturated carbocycles. The number of benzene rings is 1. The highest BCUT2D eigenvalue weighted by Gasteiger charge is 2.05. The van der Waals surface area contributed by atoms with Crippen molar-refractivity contribution < 1.29 is 9.26 Å². The van der Waals surface area contributed by atoms with Crippen molar-refractivity contribution in [2.75, 3.05) is 25.9 Å². The van der Waals surface area contributed by atoms with E-state index in [1.165, 1.54) is 0 Å². The number of hydrogen-bond donors (Lipinski definition) is 1. The fourth-order valence-corrected chi connectivity index (χ4v) is 1.73. The van der Waals surface area contributed by atoms with Crippen LogP contribution in [-0.4, -0.2) is 30.3 Å². The quantitative estimate of drug-likeness (QED) is 0.806. The summed E-state index contributed by atoms with van der Waals surface area (Å²) in [7, 11) is 2.02. The first kappa shape index (κ1) is 13.4. The summed E-state index contributed by atoms with van der Waals surface area (Å²) >= 11 is 0. The predicted molar refractivity (Wildman–Crippen MR) is 73.9 cm³/mol. The third kappa shape index (κ3) is 4.30. The van der Waals surface area contributed by atoms with E-state index in [9.17, 15) is 0 Å². The molecule has 19 heavy (non-hydrogen) atoms. The van der Waals surface area contributed by atoms with E-state index in [2.05, 4.69) is 10.1 Å². The highest BCUT2D eigenvalue weighted by Crippen LogP contribution is 2.13. The van der Waals surface area contributed by atoms with Crippen LogP contribution in [0.5, 0.6) is 5.75 Å². The maximum absolute atomic E-state index is 5.63. The van der Waals surface area contributed by atoms with Gasteiger partial charge < -0.3 is 15.0 Å². The van der Waals surface area contributed by atoms with E-state index in [1.54, 1.807) is 0 Å². The normalized spacial score (nSPS) is 10.9. The summed E-state index contributed by atoms with van der Waals surface area (Å²) in [6.07, 6.45) is 0. The summed E-state index contributed by atoms with van der Waals surface area (Å²) in [6.45, 7) is 4.08. The van der Waals surface area contributed by atoms with Crippen molar-refractivity contribution in [1.29, 1.82) is 0 Å². The molecule has 0 aliphatic heterocycles.